The lowest BCUT2D eigenvalue weighted by Gasteiger charge is -2.31. The summed E-state index contributed by atoms with van der Waals surface area (Å²) < 4.78 is 9.29. The van der Waals surface area contributed by atoms with Crippen LogP contribution in [0.25, 0.3) is 0 Å². The molecule has 0 radical (unpaired) electrons. The molecule has 0 aliphatic carbocycles. The van der Waals surface area contributed by atoms with Crippen molar-refractivity contribution in [3.8, 4) is 5.75 Å². The number of nitrogens with two attached hydrogens (primary N) is 2. The molecule has 5 N–H and O–H groups in total. The number of primary amides is 1. The minimum atomic E-state index is -1.09. The van der Waals surface area contributed by atoms with Gasteiger partial charge in [-0.3, -0.25) is 19.3 Å². The molecule has 1 aromatic heterocycles. The maximum Gasteiger partial charge on any atom is 0.273 e. The van der Waals surface area contributed by atoms with E-state index >= 15 is 0 Å². The molecule has 0 aliphatic rings. The Bertz CT molecular complexity index is 1450. The number of ether oxygens (including phenoxy) is 1. The van der Waals surface area contributed by atoms with Crippen molar-refractivity contribution >= 4 is 40.6 Å². The van der Waals surface area contributed by atoms with Crippen molar-refractivity contribution in [3.63, 3.8) is 0 Å². The number of hydrogen-bond donors (Lipinski definition) is 3. The Labute approximate surface area is 230 Å². The SMILES string of the molecule is CCc1ccc(N(C(=O)c2snc(C(N)=O)c2N)[C@H](C(=O)NCc2ccccc2)c2ccc(OC)cc2)cc1. The van der Waals surface area contributed by atoms with E-state index in [1.165, 1.54) is 4.90 Å². The van der Waals surface area contributed by atoms with Gasteiger partial charge in [-0.2, -0.15) is 4.37 Å². The molecule has 10 heteroatoms. The van der Waals surface area contributed by atoms with Crippen molar-refractivity contribution in [1.29, 1.82) is 0 Å². The summed E-state index contributed by atoms with van der Waals surface area (Å²) in [5.41, 5.74) is 14.2. The summed E-state index contributed by atoms with van der Waals surface area (Å²) in [7, 11) is 1.55. The second kappa shape index (κ2) is 12.2. The highest BCUT2D eigenvalue weighted by Gasteiger charge is 2.36. The molecule has 3 amide bonds. The number of rotatable bonds is 10. The van der Waals surface area contributed by atoms with Gasteiger partial charge >= 0.3 is 0 Å². The lowest BCUT2D eigenvalue weighted by Crippen LogP contribution is -2.44. The number of aromatic nitrogens is 1. The molecule has 0 unspecified atom stereocenters. The van der Waals surface area contributed by atoms with Crippen LogP contribution in [0.3, 0.4) is 0 Å². The van der Waals surface area contributed by atoms with Crippen molar-refractivity contribution in [2.24, 2.45) is 5.73 Å². The zero-order valence-electron chi connectivity index (χ0n) is 21.6. The standard InChI is InChI=1S/C29H29N5O4S/c1-3-18-9-13-21(14-10-18)34(29(37)26-23(30)24(27(31)35)33-39-26)25(20-11-15-22(38-2)16-12-20)28(36)32-17-19-7-5-4-6-8-19/h4-16,25H,3,17,30H2,1-2H3,(H2,31,35)(H,32,36)/t25-/m0/s1. The van der Waals surface area contributed by atoms with Gasteiger partial charge in [0.15, 0.2) is 5.69 Å². The Morgan fingerprint density at radius 3 is 2.21 bits per heavy atom. The number of aryl methyl sites for hydroxylation is 1. The first-order valence-corrected chi connectivity index (χ1v) is 13.0. The van der Waals surface area contributed by atoms with Crippen molar-refractivity contribution in [2.75, 3.05) is 17.7 Å². The molecule has 39 heavy (non-hydrogen) atoms. The zero-order valence-corrected chi connectivity index (χ0v) is 22.4. The summed E-state index contributed by atoms with van der Waals surface area (Å²) in [6.07, 6.45) is 0.803. The number of benzene rings is 3. The lowest BCUT2D eigenvalue weighted by molar-refractivity contribution is -0.122. The zero-order chi connectivity index (χ0) is 27.9. The summed E-state index contributed by atoms with van der Waals surface area (Å²) in [6, 6.07) is 22.7. The van der Waals surface area contributed by atoms with Crippen LogP contribution in [0.15, 0.2) is 78.9 Å². The average Bonchev–Trinajstić information content (AvgIpc) is 3.36. The Morgan fingerprint density at radius 2 is 1.64 bits per heavy atom. The van der Waals surface area contributed by atoms with Gasteiger partial charge in [-0.1, -0.05) is 61.5 Å². The highest BCUT2D eigenvalue weighted by molar-refractivity contribution is 7.09. The van der Waals surface area contributed by atoms with Crippen LogP contribution in [0.5, 0.6) is 5.75 Å². The summed E-state index contributed by atoms with van der Waals surface area (Å²) in [6.45, 7) is 2.29. The highest BCUT2D eigenvalue weighted by Crippen LogP contribution is 2.34. The van der Waals surface area contributed by atoms with Gasteiger partial charge in [-0.15, -0.1) is 0 Å². The van der Waals surface area contributed by atoms with Crippen LogP contribution < -0.4 is 26.4 Å². The Kier molecular flexibility index (Phi) is 8.57. The van der Waals surface area contributed by atoms with Crippen LogP contribution in [0.4, 0.5) is 11.4 Å². The van der Waals surface area contributed by atoms with E-state index in [2.05, 4.69) is 9.69 Å². The van der Waals surface area contributed by atoms with Crippen molar-refractivity contribution in [2.45, 2.75) is 25.9 Å². The van der Waals surface area contributed by atoms with E-state index in [0.29, 0.717) is 17.0 Å². The van der Waals surface area contributed by atoms with E-state index in [4.69, 9.17) is 16.2 Å². The van der Waals surface area contributed by atoms with Crippen LogP contribution in [0.2, 0.25) is 0 Å². The summed E-state index contributed by atoms with van der Waals surface area (Å²) in [4.78, 5) is 41.2. The first-order valence-electron chi connectivity index (χ1n) is 12.3. The maximum atomic E-state index is 14.1. The van der Waals surface area contributed by atoms with Crippen molar-refractivity contribution in [1.82, 2.24) is 9.69 Å². The van der Waals surface area contributed by atoms with Gasteiger partial charge in [0.1, 0.15) is 16.7 Å². The number of carbonyl (C=O) groups excluding carboxylic acids is 3. The Morgan fingerprint density at radius 1 is 0.974 bits per heavy atom. The van der Waals surface area contributed by atoms with Gasteiger partial charge in [-0.05, 0) is 58.9 Å². The van der Waals surface area contributed by atoms with Crippen LogP contribution in [0.1, 0.15) is 49.8 Å². The third-order valence-electron chi connectivity index (χ3n) is 6.24. The third-order valence-corrected chi connectivity index (χ3v) is 7.10. The quantitative estimate of drug-likeness (QED) is 0.275. The number of nitrogens with zero attached hydrogens (tertiary/aromatic N) is 2. The summed E-state index contributed by atoms with van der Waals surface area (Å²) in [5.74, 6) is -1.23. The van der Waals surface area contributed by atoms with Crippen LogP contribution in [-0.2, 0) is 17.8 Å². The van der Waals surface area contributed by atoms with E-state index in [0.717, 1.165) is 29.1 Å². The number of anilines is 2. The lowest BCUT2D eigenvalue weighted by atomic mass is 10.0. The van der Waals surface area contributed by atoms with E-state index < -0.39 is 23.8 Å². The predicted molar refractivity (Wildman–Crippen MR) is 152 cm³/mol. The summed E-state index contributed by atoms with van der Waals surface area (Å²) in [5, 5.41) is 2.96. The average molecular weight is 544 g/mol. The molecule has 3 aromatic carbocycles. The fraction of sp³-hybridized carbons (Fsp3) is 0.172. The third kappa shape index (κ3) is 6.07. The number of methoxy groups -OCH3 is 1. The molecule has 0 bridgehead atoms. The van der Waals surface area contributed by atoms with Crippen LogP contribution in [0, 0.1) is 0 Å². The number of nitrogen functional groups attached to an aromatic ring is 1. The van der Waals surface area contributed by atoms with Gasteiger partial charge in [0, 0.05) is 12.2 Å². The van der Waals surface area contributed by atoms with Crippen molar-refractivity contribution in [3.05, 3.63) is 106 Å². The molecule has 9 nitrogen and oxygen atoms in total. The summed E-state index contributed by atoms with van der Waals surface area (Å²) >= 11 is 0.765. The number of nitrogens with one attached hydrogen (secondary N) is 1. The highest BCUT2D eigenvalue weighted by atomic mass is 32.1. The van der Waals surface area contributed by atoms with Crippen molar-refractivity contribution < 1.29 is 19.1 Å². The molecule has 0 spiro atoms. The monoisotopic (exact) mass is 543 g/mol. The van der Waals surface area contributed by atoms with Gasteiger partial charge in [0.25, 0.3) is 11.8 Å². The van der Waals surface area contributed by atoms with E-state index in [1.54, 1.807) is 43.5 Å². The fourth-order valence-corrected chi connectivity index (χ4v) is 4.84. The first-order chi connectivity index (χ1) is 18.8. The first kappa shape index (κ1) is 27.3. The number of amides is 3. The minimum absolute atomic E-state index is 0.0118. The fourth-order valence-electron chi connectivity index (χ4n) is 4.10. The Hall–Kier alpha value is -4.70. The predicted octanol–water partition coefficient (Wildman–Crippen LogP) is 4.10. The van der Waals surface area contributed by atoms with Gasteiger partial charge < -0.3 is 21.5 Å². The van der Waals surface area contributed by atoms with Gasteiger partial charge in [0.2, 0.25) is 5.91 Å². The largest absolute Gasteiger partial charge is 0.497 e. The molecular formula is C29H29N5O4S. The molecule has 4 aromatic rings. The molecule has 0 saturated carbocycles. The van der Waals surface area contributed by atoms with E-state index in [1.807, 2.05) is 49.4 Å². The number of hydrogen-bond acceptors (Lipinski definition) is 7. The van der Waals surface area contributed by atoms with E-state index in [9.17, 15) is 14.4 Å². The molecule has 0 saturated heterocycles. The smallest absolute Gasteiger partial charge is 0.273 e. The molecule has 4 rings (SSSR count). The molecule has 0 aliphatic heterocycles. The minimum Gasteiger partial charge on any atom is -0.497 e. The second-order valence-corrected chi connectivity index (χ2v) is 9.49. The topological polar surface area (TPSA) is 141 Å². The van der Waals surface area contributed by atoms with Gasteiger partial charge in [0.05, 0.1) is 12.8 Å². The molecule has 1 heterocycles. The molecule has 1 atom stereocenters. The second-order valence-electron chi connectivity index (χ2n) is 8.71. The number of carbonyl (C=O) groups is 3. The maximum absolute atomic E-state index is 14.1. The molecule has 0 fully saturated rings. The molecular weight excluding hydrogens is 514 g/mol. The van der Waals surface area contributed by atoms with E-state index in [-0.39, 0.29) is 22.8 Å². The molecule has 200 valence electrons. The normalized spacial score (nSPS) is 11.4. The van der Waals surface area contributed by atoms with Crippen LogP contribution >= 0.6 is 11.5 Å². The van der Waals surface area contributed by atoms with Gasteiger partial charge in [-0.25, -0.2) is 0 Å². The Balaban J connectivity index is 1.83. The van der Waals surface area contributed by atoms with Crippen LogP contribution in [-0.4, -0.2) is 29.2 Å².